The van der Waals surface area contributed by atoms with Crippen LogP contribution in [0.1, 0.15) is 36.0 Å². The second kappa shape index (κ2) is 8.03. The first-order valence-corrected chi connectivity index (χ1v) is 9.14. The molecule has 0 radical (unpaired) electrons. The Kier molecular flexibility index (Phi) is 5.76. The minimum absolute atomic E-state index is 0.0332. The van der Waals surface area contributed by atoms with Crippen molar-refractivity contribution in [3.63, 3.8) is 0 Å². The van der Waals surface area contributed by atoms with Gasteiger partial charge in [0, 0.05) is 19.1 Å². The number of methoxy groups -OCH3 is 1. The Bertz CT molecular complexity index is 682. The van der Waals surface area contributed by atoms with E-state index in [1.807, 2.05) is 11.9 Å². The summed E-state index contributed by atoms with van der Waals surface area (Å²) in [4.78, 5) is 29.2. The number of hydrogen-bond donors (Lipinski definition) is 1. The molecule has 26 heavy (non-hydrogen) atoms. The van der Waals surface area contributed by atoms with Gasteiger partial charge in [-0.25, -0.2) is 4.39 Å². The van der Waals surface area contributed by atoms with E-state index in [4.69, 9.17) is 4.74 Å². The number of nitrogens with one attached hydrogen (secondary N) is 1. The molecule has 0 aliphatic carbocycles. The zero-order chi connectivity index (χ0) is 18.7. The van der Waals surface area contributed by atoms with Crippen molar-refractivity contribution in [2.75, 3.05) is 33.8 Å². The lowest BCUT2D eigenvalue weighted by Gasteiger charge is -2.30. The lowest BCUT2D eigenvalue weighted by molar-refractivity contribution is -0.136. The van der Waals surface area contributed by atoms with E-state index in [2.05, 4.69) is 10.2 Å². The topological polar surface area (TPSA) is 61.9 Å². The Hall–Kier alpha value is -2.15. The van der Waals surface area contributed by atoms with Crippen LogP contribution in [0.2, 0.25) is 0 Å². The summed E-state index contributed by atoms with van der Waals surface area (Å²) in [6, 6.07) is 4.40. The van der Waals surface area contributed by atoms with Gasteiger partial charge < -0.3 is 15.0 Å². The van der Waals surface area contributed by atoms with Crippen LogP contribution in [-0.4, -0.2) is 67.5 Å². The zero-order valence-corrected chi connectivity index (χ0v) is 15.3. The SMILES string of the molecule is COc1cccc(C(=O)NCC2CCCN2C(=O)[C@H]2CCCN2C)c1F. The van der Waals surface area contributed by atoms with Gasteiger partial charge in [-0.1, -0.05) is 6.07 Å². The fourth-order valence-corrected chi connectivity index (χ4v) is 3.90. The van der Waals surface area contributed by atoms with E-state index < -0.39 is 11.7 Å². The van der Waals surface area contributed by atoms with Crippen LogP contribution in [-0.2, 0) is 4.79 Å². The van der Waals surface area contributed by atoms with Crippen molar-refractivity contribution >= 4 is 11.8 Å². The van der Waals surface area contributed by atoms with Gasteiger partial charge in [0.2, 0.25) is 5.91 Å². The third-order valence-electron chi connectivity index (χ3n) is 5.39. The van der Waals surface area contributed by atoms with E-state index in [1.165, 1.54) is 19.2 Å². The smallest absolute Gasteiger partial charge is 0.254 e. The van der Waals surface area contributed by atoms with Crippen molar-refractivity contribution in [2.45, 2.75) is 37.8 Å². The van der Waals surface area contributed by atoms with Crippen molar-refractivity contribution in [2.24, 2.45) is 0 Å². The van der Waals surface area contributed by atoms with Crippen molar-refractivity contribution in [3.05, 3.63) is 29.6 Å². The third-order valence-corrected chi connectivity index (χ3v) is 5.39. The predicted molar refractivity (Wildman–Crippen MR) is 95.7 cm³/mol. The summed E-state index contributed by atoms with van der Waals surface area (Å²) in [5.74, 6) is -0.966. The van der Waals surface area contributed by atoms with E-state index in [0.29, 0.717) is 6.54 Å². The van der Waals surface area contributed by atoms with E-state index in [9.17, 15) is 14.0 Å². The third kappa shape index (κ3) is 3.67. The van der Waals surface area contributed by atoms with Crippen LogP contribution in [0.5, 0.6) is 5.75 Å². The number of halogens is 1. The maximum absolute atomic E-state index is 14.2. The van der Waals surface area contributed by atoms with Gasteiger partial charge in [0.1, 0.15) is 0 Å². The van der Waals surface area contributed by atoms with Gasteiger partial charge in [0.25, 0.3) is 5.91 Å². The highest BCUT2D eigenvalue weighted by molar-refractivity contribution is 5.95. The van der Waals surface area contributed by atoms with E-state index in [-0.39, 0.29) is 29.3 Å². The van der Waals surface area contributed by atoms with E-state index in [0.717, 1.165) is 38.8 Å². The number of hydrogen-bond acceptors (Lipinski definition) is 4. The second-order valence-electron chi connectivity index (χ2n) is 7.00. The van der Waals surface area contributed by atoms with Gasteiger partial charge in [-0.2, -0.15) is 0 Å². The molecule has 1 N–H and O–H groups in total. The normalized spacial score (nSPS) is 23.3. The highest BCUT2D eigenvalue weighted by Gasteiger charge is 2.36. The maximum Gasteiger partial charge on any atom is 0.254 e. The summed E-state index contributed by atoms with van der Waals surface area (Å²) in [7, 11) is 3.34. The molecule has 142 valence electrons. The molecular formula is C19H26FN3O3. The van der Waals surface area contributed by atoms with Gasteiger partial charge in [0.05, 0.1) is 18.7 Å². The molecule has 2 aliphatic rings. The van der Waals surface area contributed by atoms with Gasteiger partial charge in [-0.15, -0.1) is 0 Å². The van der Waals surface area contributed by atoms with Crippen molar-refractivity contribution in [1.29, 1.82) is 0 Å². The van der Waals surface area contributed by atoms with Crippen LogP contribution in [0.25, 0.3) is 0 Å². The minimum atomic E-state index is -0.667. The fraction of sp³-hybridized carbons (Fsp3) is 0.579. The molecule has 2 saturated heterocycles. The number of nitrogens with zero attached hydrogens (tertiary/aromatic N) is 2. The van der Waals surface area contributed by atoms with Gasteiger partial charge >= 0.3 is 0 Å². The molecule has 6 nitrogen and oxygen atoms in total. The summed E-state index contributed by atoms with van der Waals surface area (Å²) in [5.41, 5.74) is -0.0456. The van der Waals surface area contributed by atoms with Crippen LogP contribution in [0.4, 0.5) is 4.39 Å². The Labute approximate surface area is 153 Å². The Morgan fingerprint density at radius 1 is 1.27 bits per heavy atom. The monoisotopic (exact) mass is 363 g/mol. The van der Waals surface area contributed by atoms with Crippen molar-refractivity contribution in [3.8, 4) is 5.75 Å². The zero-order valence-electron chi connectivity index (χ0n) is 15.3. The average molecular weight is 363 g/mol. The first-order chi connectivity index (χ1) is 12.5. The van der Waals surface area contributed by atoms with Gasteiger partial charge in [-0.05, 0) is 51.4 Å². The highest BCUT2D eigenvalue weighted by Crippen LogP contribution is 2.24. The van der Waals surface area contributed by atoms with Gasteiger partial charge in [0.15, 0.2) is 11.6 Å². The first kappa shape index (κ1) is 18.6. The largest absolute Gasteiger partial charge is 0.494 e. The molecule has 0 saturated carbocycles. The molecule has 2 heterocycles. The molecule has 1 aromatic carbocycles. The highest BCUT2D eigenvalue weighted by atomic mass is 19.1. The second-order valence-corrected chi connectivity index (χ2v) is 7.00. The Morgan fingerprint density at radius 2 is 2.04 bits per heavy atom. The van der Waals surface area contributed by atoms with Crippen molar-refractivity contribution < 1.29 is 18.7 Å². The molecule has 0 spiro atoms. The number of amides is 2. The van der Waals surface area contributed by atoms with E-state index >= 15 is 0 Å². The molecule has 2 fully saturated rings. The van der Waals surface area contributed by atoms with Crippen LogP contribution in [0, 0.1) is 5.82 Å². The lowest BCUT2D eigenvalue weighted by Crippen LogP contribution is -2.49. The Morgan fingerprint density at radius 3 is 2.73 bits per heavy atom. The summed E-state index contributed by atoms with van der Waals surface area (Å²) in [5, 5.41) is 2.78. The summed E-state index contributed by atoms with van der Waals surface area (Å²) in [6.07, 6.45) is 3.70. The quantitative estimate of drug-likeness (QED) is 0.864. The van der Waals surface area contributed by atoms with Crippen LogP contribution in [0.15, 0.2) is 18.2 Å². The molecule has 0 aromatic heterocycles. The molecule has 7 heteroatoms. The molecule has 1 unspecified atom stereocenters. The Balaban J connectivity index is 1.61. The fourth-order valence-electron chi connectivity index (χ4n) is 3.90. The number of benzene rings is 1. The number of likely N-dealkylation sites (tertiary alicyclic amines) is 2. The molecule has 3 rings (SSSR count). The number of carbonyl (C=O) groups is 2. The molecule has 2 aliphatic heterocycles. The predicted octanol–water partition coefficient (Wildman–Crippen LogP) is 1.65. The molecule has 2 atom stereocenters. The van der Waals surface area contributed by atoms with Crippen LogP contribution >= 0.6 is 0 Å². The molecule has 0 bridgehead atoms. The van der Waals surface area contributed by atoms with Crippen LogP contribution < -0.4 is 10.1 Å². The molecular weight excluding hydrogens is 337 g/mol. The standard InChI is InChI=1S/C19H26FN3O3/c1-22-10-5-8-15(22)19(25)23-11-4-6-13(23)12-21-18(24)14-7-3-9-16(26-2)17(14)20/h3,7,9,13,15H,4-6,8,10-12H2,1-2H3,(H,21,24)/t13?,15-/m1/s1. The molecule has 1 aromatic rings. The summed E-state index contributed by atoms with van der Waals surface area (Å²) in [6.45, 7) is 2.00. The number of carbonyl (C=O) groups excluding carboxylic acids is 2. The minimum Gasteiger partial charge on any atom is -0.494 e. The van der Waals surface area contributed by atoms with E-state index in [1.54, 1.807) is 6.07 Å². The lowest BCUT2D eigenvalue weighted by atomic mass is 10.1. The summed E-state index contributed by atoms with van der Waals surface area (Å²) < 4.78 is 19.1. The number of rotatable bonds is 5. The molecule has 2 amide bonds. The van der Waals surface area contributed by atoms with Gasteiger partial charge in [-0.3, -0.25) is 14.5 Å². The number of likely N-dealkylation sites (N-methyl/N-ethyl adjacent to an activating group) is 1. The summed E-state index contributed by atoms with van der Waals surface area (Å²) >= 11 is 0. The maximum atomic E-state index is 14.2. The first-order valence-electron chi connectivity index (χ1n) is 9.14. The number of ether oxygens (including phenoxy) is 1. The van der Waals surface area contributed by atoms with Crippen molar-refractivity contribution in [1.82, 2.24) is 15.1 Å². The average Bonchev–Trinajstić information content (AvgIpc) is 3.28. The van der Waals surface area contributed by atoms with Crippen LogP contribution in [0.3, 0.4) is 0 Å².